The zero-order valence-corrected chi connectivity index (χ0v) is 13.5. The van der Waals surface area contributed by atoms with E-state index < -0.39 is 5.91 Å². The van der Waals surface area contributed by atoms with E-state index in [9.17, 15) is 9.59 Å². The van der Waals surface area contributed by atoms with Gasteiger partial charge in [0.05, 0.1) is 5.70 Å². The Bertz CT molecular complexity index is 853. The van der Waals surface area contributed by atoms with Crippen molar-refractivity contribution >= 4 is 23.2 Å². The molecule has 2 aromatic rings. The summed E-state index contributed by atoms with van der Waals surface area (Å²) in [4.78, 5) is 26.6. The minimum atomic E-state index is -0.395. The summed E-state index contributed by atoms with van der Waals surface area (Å²) < 4.78 is 6.58. The number of pyridine rings is 1. The SMILES string of the molecule is CC1=C(c2ccc(=O)n(C(=O)c3ccc(Cl)cc3)c2)N(C)CO1. The molecule has 1 aromatic carbocycles. The number of ether oxygens (including phenoxy) is 1. The van der Waals surface area contributed by atoms with Gasteiger partial charge in [-0.05, 0) is 37.3 Å². The van der Waals surface area contributed by atoms with E-state index in [2.05, 4.69) is 0 Å². The number of rotatable bonds is 2. The summed E-state index contributed by atoms with van der Waals surface area (Å²) in [6.45, 7) is 2.31. The third kappa shape index (κ3) is 2.87. The van der Waals surface area contributed by atoms with Crippen LogP contribution in [0.1, 0.15) is 22.8 Å². The predicted molar refractivity (Wildman–Crippen MR) is 88.2 cm³/mol. The number of nitrogens with zero attached hydrogens (tertiary/aromatic N) is 2. The first-order valence-electron chi connectivity index (χ1n) is 7.05. The first kappa shape index (κ1) is 15.4. The van der Waals surface area contributed by atoms with Crippen molar-refractivity contribution in [1.82, 2.24) is 9.47 Å². The fourth-order valence-corrected chi connectivity index (χ4v) is 2.66. The number of hydrogen-bond donors (Lipinski definition) is 0. The molecule has 0 bridgehead atoms. The molecular weight excluding hydrogens is 316 g/mol. The lowest BCUT2D eigenvalue weighted by Gasteiger charge is -2.14. The van der Waals surface area contributed by atoms with Crippen molar-refractivity contribution in [3.05, 3.63) is 74.9 Å². The lowest BCUT2D eigenvalue weighted by atomic mass is 10.1. The Morgan fingerprint density at radius 2 is 1.87 bits per heavy atom. The molecule has 0 fully saturated rings. The molecule has 5 nitrogen and oxygen atoms in total. The van der Waals surface area contributed by atoms with E-state index in [1.54, 1.807) is 36.5 Å². The second kappa shape index (κ2) is 5.93. The number of carbonyl (C=O) groups is 1. The number of carbonyl (C=O) groups excluding carboxylic acids is 1. The molecule has 23 heavy (non-hydrogen) atoms. The third-order valence-corrected chi connectivity index (χ3v) is 3.94. The van der Waals surface area contributed by atoms with Gasteiger partial charge in [0.15, 0.2) is 6.73 Å². The quantitative estimate of drug-likeness (QED) is 0.849. The van der Waals surface area contributed by atoms with Gasteiger partial charge in [0.2, 0.25) is 0 Å². The molecule has 1 aliphatic heterocycles. The van der Waals surface area contributed by atoms with Gasteiger partial charge in [-0.1, -0.05) is 11.6 Å². The topological polar surface area (TPSA) is 51.5 Å². The second-order valence-electron chi connectivity index (χ2n) is 5.31. The van der Waals surface area contributed by atoms with E-state index in [-0.39, 0.29) is 5.56 Å². The Balaban J connectivity index is 2.05. The molecule has 0 aliphatic carbocycles. The number of aromatic nitrogens is 1. The summed E-state index contributed by atoms with van der Waals surface area (Å²) in [5.41, 5.74) is 1.64. The van der Waals surface area contributed by atoms with E-state index in [0.717, 1.165) is 21.6 Å². The minimum absolute atomic E-state index is 0.381. The molecule has 0 saturated heterocycles. The van der Waals surface area contributed by atoms with Gasteiger partial charge in [0.1, 0.15) is 5.76 Å². The Morgan fingerprint density at radius 1 is 1.17 bits per heavy atom. The van der Waals surface area contributed by atoms with Gasteiger partial charge >= 0.3 is 0 Å². The van der Waals surface area contributed by atoms with Crippen molar-refractivity contribution in [3.63, 3.8) is 0 Å². The van der Waals surface area contributed by atoms with Crippen molar-refractivity contribution in [2.24, 2.45) is 0 Å². The van der Waals surface area contributed by atoms with Crippen LogP contribution in [-0.4, -0.2) is 29.2 Å². The maximum atomic E-state index is 12.6. The lowest BCUT2D eigenvalue weighted by Crippen LogP contribution is -2.27. The average Bonchev–Trinajstić information content (AvgIpc) is 2.87. The molecule has 6 heteroatoms. The third-order valence-electron chi connectivity index (χ3n) is 3.68. The highest BCUT2D eigenvalue weighted by molar-refractivity contribution is 6.30. The number of allylic oxidation sites excluding steroid dienone is 1. The maximum Gasteiger partial charge on any atom is 0.264 e. The van der Waals surface area contributed by atoms with Gasteiger partial charge in [-0.15, -0.1) is 0 Å². The van der Waals surface area contributed by atoms with E-state index in [4.69, 9.17) is 16.3 Å². The van der Waals surface area contributed by atoms with E-state index in [1.807, 2.05) is 18.9 Å². The van der Waals surface area contributed by atoms with Gasteiger partial charge in [0, 0.05) is 35.5 Å². The van der Waals surface area contributed by atoms with Crippen molar-refractivity contribution in [2.45, 2.75) is 6.92 Å². The Morgan fingerprint density at radius 3 is 2.48 bits per heavy atom. The minimum Gasteiger partial charge on any atom is -0.476 e. The zero-order valence-electron chi connectivity index (χ0n) is 12.7. The number of benzene rings is 1. The van der Waals surface area contributed by atoms with Crippen molar-refractivity contribution < 1.29 is 9.53 Å². The summed E-state index contributed by atoms with van der Waals surface area (Å²) in [6.07, 6.45) is 1.54. The van der Waals surface area contributed by atoms with Gasteiger partial charge in [-0.25, -0.2) is 4.57 Å². The summed E-state index contributed by atoms with van der Waals surface area (Å²) >= 11 is 5.83. The second-order valence-corrected chi connectivity index (χ2v) is 5.75. The highest BCUT2D eigenvalue weighted by Gasteiger charge is 2.21. The Labute approximate surface area is 138 Å². The van der Waals surface area contributed by atoms with Crippen molar-refractivity contribution in [2.75, 3.05) is 13.8 Å². The first-order valence-corrected chi connectivity index (χ1v) is 7.43. The maximum absolute atomic E-state index is 12.6. The smallest absolute Gasteiger partial charge is 0.264 e. The largest absolute Gasteiger partial charge is 0.476 e. The molecule has 1 aliphatic rings. The fraction of sp³-hybridized carbons (Fsp3) is 0.176. The Hall–Kier alpha value is -2.53. The van der Waals surface area contributed by atoms with Crippen molar-refractivity contribution in [1.29, 1.82) is 0 Å². The number of hydrogen-bond acceptors (Lipinski definition) is 4. The highest BCUT2D eigenvalue weighted by atomic mass is 35.5. The van der Waals surface area contributed by atoms with E-state index in [0.29, 0.717) is 17.3 Å². The van der Waals surface area contributed by atoms with Crippen LogP contribution in [0.3, 0.4) is 0 Å². The van der Waals surface area contributed by atoms with Crippen LogP contribution >= 0.6 is 11.6 Å². The first-order chi connectivity index (χ1) is 11.0. The van der Waals surface area contributed by atoms with Crippen LogP contribution in [-0.2, 0) is 4.74 Å². The lowest BCUT2D eigenvalue weighted by molar-refractivity contribution is 0.0955. The molecule has 0 unspecified atom stereocenters. The van der Waals surface area contributed by atoms with E-state index in [1.165, 1.54) is 6.07 Å². The summed E-state index contributed by atoms with van der Waals surface area (Å²) in [6, 6.07) is 9.51. The van der Waals surface area contributed by atoms with Gasteiger partial charge in [0.25, 0.3) is 11.5 Å². The van der Waals surface area contributed by atoms with Crippen LogP contribution in [0.4, 0.5) is 0 Å². The zero-order chi connectivity index (χ0) is 16.6. The normalized spacial score (nSPS) is 14.1. The molecule has 118 valence electrons. The summed E-state index contributed by atoms with van der Waals surface area (Å²) in [7, 11) is 1.89. The van der Waals surface area contributed by atoms with Crippen molar-refractivity contribution in [3.8, 4) is 0 Å². The Kier molecular flexibility index (Phi) is 3.96. The van der Waals surface area contributed by atoms with E-state index >= 15 is 0 Å². The van der Waals surface area contributed by atoms with Crippen LogP contribution in [0.2, 0.25) is 5.02 Å². The fourth-order valence-electron chi connectivity index (χ4n) is 2.54. The molecule has 1 aromatic heterocycles. The molecule has 3 rings (SSSR count). The van der Waals surface area contributed by atoms with Gasteiger partial charge in [-0.2, -0.15) is 0 Å². The molecule has 0 spiro atoms. The molecular formula is C17H15ClN2O3. The predicted octanol–water partition coefficient (Wildman–Crippen LogP) is 2.80. The standard InChI is InChI=1S/C17H15ClN2O3/c1-11-16(19(2)10-23-11)13-5-8-15(21)20(9-13)17(22)12-3-6-14(18)7-4-12/h3-9H,10H2,1-2H3. The van der Waals surface area contributed by atoms with Crippen LogP contribution in [0.15, 0.2) is 53.1 Å². The van der Waals surface area contributed by atoms with Crippen LogP contribution < -0.4 is 5.56 Å². The van der Waals surface area contributed by atoms with Gasteiger partial charge in [-0.3, -0.25) is 9.59 Å². The molecule has 0 amide bonds. The molecule has 0 saturated carbocycles. The molecule has 0 radical (unpaired) electrons. The molecule has 0 N–H and O–H groups in total. The highest BCUT2D eigenvalue weighted by Crippen LogP contribution is 2.27. The summed E-state index contributed by atoms with van der Waals surface area (Å²) in [5, 5.41) is 0.535. The molecule has 2 heterocycles. The average molecular weight is 331 g/mol. The van der Waals surface area contributed by atoms with Crippen LogP contribution in [0, 0.1) is 0 Å². The summed E-state index contributed by atoms with van der Waals surface area (Å²) in [5.74, 6) is 0.366. The van der Waals surface area contributed by atoms with Gasteiger partial charge < -0.3 is 9.64 Å². The van der Waals surface area contributed by atoms with Crippen LogP contribution in [0.5, 0.6) is 0 Å². The number of halogens is 1. The monoisotopic (exact) mass is 330 g/mol. The molecule has 0 atom stereocenters. The van der Waals surface area contributed by atoms with Crippen LogP contribution in [0.25, 0.3) is 5.70 Å².